The van der Waals surface area contributed by atoms with E-state index in [9.17, 15) is 4.79 Å². The van der Waals surface area contributed by atoms with Crippen LogP contribution >= 0.6 is 11.3 Å². The van der Waals surface area contributed by atoms with E-state index in [0.29, 0.717) is 19.0 Å². The number of amides is 1. The third-order valence-electron chi connectivity index (χ3n) is 4.93. The summed E-state index contributed by atoms with van der Waals surface area (Å²) in [5, 5.41) is 7.58. The van der Waals surface area contributed by atoms with E-state index in [-0.39, 0.29) is 12.1 Å². The standard InChI is InChI=1S/C20H25N3O3S/c1-4-25-14-7-6-12(10-15(14)26-5-2)18-21-19(24)17-13-8-9-23(3)11-16(13)27-20(17)22-18/h6-7,10,18,22H,4-5,8-9,11H2,1-3H3,(H,21,24). The fourth-order valence-corrected chi connectivity index (χ4v) is 5.01. The molecule has 1 aromatic heterocycles. The van der Waals surface area contributed by atoms with Crippen molar-refractivity contribution in [1.82, 2.24) is 10.2 Å². The topological polar surface area (TPSA) is 62.8 Å². The third kappa shape index (κ3) is 3.37. The van der Waals surface area contributed by atoms with Gasteiger partial charge in [-0.05, 0) is 50.6 Å². The Hall–Kier alpha value is -2.25. The molecule has 0 saturated carbocycles. The van der Waals surface area contributed by atoms with Gasteiger partial charge in [-0.3, -0.25) is 4.79 Å². The number of carbonyl (C=O) groups is 1. The number of likely N-dealkylation sites (N-methyl/N-ethyl adjacent to an activating group) is 1. The van der Waals surface area contributed by atoms with Gasteiger partial charge in [0.2, 0.25) is 0 Å². The van der Waals surface area contributed by atoms with E-state index in [4.69, 9.17) is 9.47 Å². The molecule has 0 bridgehead atoms. The van der Waals surface area contributed by atoms with Crippen LogP contribution < -0.4 is 20.1 Å². The van der Waals surface area contributed by atoms with Gasteiger partial charge >= 0.3 is 0 Å². The Labute approximate surface area is 163 Å². The summed E-state index contributed by atoms with van der Waals surface area (Å²) in [6.45, 7) is 6.93. The van der Waals surface area contributed by atoms with Crippen molar-refractivity contribution < 1.29 is 14.3 Å². The second-order valence-electron chi connectivity index (χ2n) is 6.82. The van der Waals surface area contributed by atoms with E-state index in [1.54, 1.807) is 11.3 Å². The fourth-order valence-electron chi connectivity index (χ4n) is 3.66. The number of hydrogen-bond donors (Lipinski definition) is 2. The first kappa shape index (κ1) is 18.1. The van der Waals surface area contributed by atoms with Crippen molar-refractivity contribution in [3.05, 3.63) is 39.8 Å². The Morgan fingerprint density at radius 2 is 1.96 bits per heavy atom. The van der Waals surface area contributed by atoms with Crippen LogP contribution in [-0.4, -0.2) is 37.6 Å². The molecule has 4 rings (SSSR count). The molecule has 0 spiro atoms. The van der Waals surface area contributed by atoms with Gasteiger partial charge < -0.3 is 25.0 Å². The highest BCUT2D eigenvalue weighted by Gasteiger charge is 2.33. The molecule has 0 radical (unpaired) electrons. The van der Waals surface area contributed by atoms with Crippen LogP contribution in [-0.2, 0) is 13.0 Å². The van der Waals surface area contributed by atoms with E-state index in [1.807, 2.05) is 32.0 Å². The van der Waals surface area contributed by atoms with Gasteiger partial charge in [-0.2, -0.15) is 0 Å². The normalized spacial score (nSPS) is 18.9. The lowest BCUT2D eigenvalue weighted by Crippen LogP contribution is -2.38. The van der Waals surface area contributed by atoms with E-state index >= 15 is 0 Å². The summed E-state index contributed by atoms with van der Waals surface area (Å²) in [5.74, 6) is 1.42. The Kier molecular flexibility index (Phi) is 4.97. The van der Waals surface area contributed by atoms with Crippen LogP contribution in [0, 0.1) is 0 Å². The van der Waals surface area contributed by atoms with Crippen LogP contribution in [0.5, 0.6) is 11.5 Å². The molecule has 144 valence electrons. The first-order chi connectivity index (χ1) is 13.1. The summed E-state index contributed by atoms with van der Waals surface area (Å²) in [4.78, 5) is 16.4. The van der Waals surface area contributed by atoms with E-state index < -0.39 is 0 Å². The number of rotatable bonds is 5. The average Bonchev–Trinajstić information content (AvgIpc) is 3.01. The number of carbonyl (C=O) groups excluding carboxylic acids is 1. The fraction of sp³-hybridized carbons (Fsp3) is 0.450. The average molecular weight is 388 g/mol. The van der Waals surface area contributed by atoms with Crippen molar-refractivity contribution in [2.24, 2.45) is 0 Å². The molecule has 2 aliphatic rings. The van der Waals surface area contributed by atoms with Gasteiger partial charge in [-0.25, -0.2) is 0 Å². The van der Waals surface area contributed by atoms with Crippen LogP contribution in [0.3, 0.4) is 0 Å². The van der Waals surface area contributed by atoms with Crippen molar-refractivity contribution in [3.63, 3.8) is 0 Å². The summed E-state index contributed by atoms with van der Waals surface area (Å²) in [5.41, 5.74) is 2.98. The number of hydrogen-bond acceptors (Lipinski definition) is 6. The summed E-state index contributed by atoms with van der Waals surface area (Å²) < 4.78 is 11.4. The molecular formula is C20H25N3O3S. The van der Waals surface area contributed by atoms with Crippen molar-refractivity contribution in [3.8, 4) is 11.5 Å². The van der Waals surface area contributed by atoms with Gasteiger partial charge in [-0.15, -0.1) is 11.3 Å². The number of fused-ring (bicyclic) bond motifs is 3. The molecule has 27 heavy (non-hydrogen) atoms. The van der Waals surface area contributed by atoms with Crippen LogP contribution in [0.1, 0.15) is 46.4 Å². The molecule has 2 N–H and O–H groups in total. The predicted molar refractivity (Wildman–Crippen MR) is 107 cm³/mol. The summed E-state index contributed by atoms with van der Waals surface area (Å²) in [6, 6.07) is 5.82. The molecule has 0 aliphatic carbocycles. The number of anilines is 1. The predicted octanol–water partition coefficient (Wildman–Crippen LogP) is 3.39. The van der Waals surface area contributed by atoms with Crippen LogP contribution in [0.25, 0.3) is 0 Å². The Bertz CT molecular complexity index is 864. The molecule has 3 heterocycles. The molecule has 0 saturated heterocycles. The lowest BCUT2D eigenvalue weighted by molar-refractivity contribution is 0.0934. The van der Waals surface area contributed by atoms with Gasteiger partial charge in [0.15, 0.2) is 11.5 Å². The lowest BCUT2D eigenvalue weighted by Gasteiger charge is -2.28. The first-order valence-corrected chi connectivity index (χ1v) is 10.2. The Balaban J connectivity index is 1.64. The Morgan fingerprint density at radius 3 is 2.74 bits per heavy atom. The highest BCUT2D eigenvalue weighted by Crippen LogP contribution is 2.41. The third-order valence-corrected chi connectivity index (χ3v) is 6.07. The molecular weight excluding hydrogens is 362 g/mol. The molecule has 1 atom stereocenters. The number of thiophene rings is 1. The van der Waals surface area contributed by atoms with E-state index in [1.165, 1.54) is 10.4 Å². The smallest absolute Gasteiger partial charge is 0.256 e. The minimum absolute atomic E-state index is 0.00245. The van der Waals surface area contributed by atoms with Gasteiger partial charge in [-0.1, -0.05) is 6.07 Å². The molecule has 2 aliphatic heterocycles. The second kappa shape index (κ2) is 7.40. The molecule has 7 heteroatoms. The maximum Gasteiger partial charge on any atom is 0.256 e. The maximum atomic E-state index is 12.8. The summed E-state index contributed by atoms with van der Waals surface area (Å²) in [7, 11) is 2.12. The van der Waals surface area contributed by atoms with E-state index in [0.717, 1.165) is 41.4 Å². The first-order valence-electron chi connectivity index (χ1n) is 9.40. The van der Waals surface area contributed by atoms with Crippen molar-refractivity contribution >= 4 is 22.2 Å². The zero-order valence-electron chi connectivity index (χ0n) is 15.9. The second-order valence-corrected chi connectivity index (χ2v) is 7.92. The quantitative estimate of drug-likeness (QED) is 0.823. The monoisotopic (exact) mass is 387 g/mol. The van der Waals surface area contributed by atoms with Gasteiger partial charge in [0.25, 0.3) is 5.91 Å². The Morgan fingerprint density at radius 1 is 1.19 bits per heavy atom. The molecule has 1 aromatic carbocycles. The zero-order chi connectivity index (χ0) is 19.0. The van der Waals surface area contributed by atoms with Gasteiger partial charge in [0.05, 0.1) is 18.8 Å². The van der Waals surface area contributed by atoms with Crippen molar-refractivity contribution in [2.75, 3.05) is 32.1 Å². The van der Waals surface area contributed by atoms with Gasteiger partial charge in [0, 0.05) is 18.0 Å². The maximum absolute atomic E-state index is 12.8. The highest BCUT2D eigenvalue weighted by molar-refractivity contribution is 7.16. The molecule has 1 amide bonds. The number of benzene rings is 1. The largest absolute Gasteiger partial charge is 0.490 e. The lowest BCUT2D eigenvalue weighted by atomic mass is 10.0. The molecule has 1 unspecified atom stereocenters. The highest BCUT2D eigenvalue weighted by atomic mass is 32.1. The summed E-state index contributed by atoms with van der Waals surface area (Å²) >= 11 is 1.70. The van der Waals surface area contributed by atoms with E-state index in [2.05, 4.69) is 22.6 Å². The minimum atomic E-state index is -0.280. The van der Waals surface area contributed by atoms with Gasteiger partial charge in [0.1, 0.15) is 11.2 Å². The molecule has 2 aromatic rings. The molecule has 6 nitrogen and oxygen atoms in total. The zero-order valence-corrected chi connectivity index (χ0v) is 16.7. The van der Waals surface area contributed by atoms with Crippen LogP contribution in [0.15, 0.2) is 18.2 Å². The molecule has 0 fully saturated rings. The van der Waals surface area contributed by atoms with Crippen LogP contribution in [0.4, 0.5) is 5.00 Å². The number of nitrogens with zero attached hydrogens (tertiary/aromatic N) is 1. The number of nitrogens with one attached hydrogen (secondary N) is 2. The van der Waals surface area contributed by atoms with Crippen molar-refractivity contribution in [2.45, 2.75) is 33.0 Å². The minimum Gasteiger partial charge on any atom is -0.490 e. The van der Waals surface area contributed by atoms with Crippen molar-refractivity contribution in [1.29, 1.82) is 0 Å². The summed E-state index contributed by atoms with van der Waals surface area (Å²) in [6.07, 6.45) is 0.646. The number of ether oxygens (including phenoxy) is 2. The SMILES string of the molecule is CCOc1ccc(C2NC(=O)c3c(sc4c3CCN(C)C4)N2)cc1OCC. The van der Waals surface area contributed by atoms with Crippen LogP contribution in [0.2, 0.25) is 0 Å².